The van der Waals surface area contributed by atoms with E-state index in [4.69, 9.17) is 0 Å². The summed E-state index contributed by atoms with van der Waals surface area (Å²) in [7, 11) is 0. The summed E-state index contributed by atoms with van der Waals surface area (Å²) >= 11 is 0. The molecule has 0 atom stereocenters. The molecule has 1 N–H and O–H groups in total. The lowest BCUT2D eigenvalue weighted by atomic mass is 9.77. The van der Waals surface area contributed by atoms with E-state index in [1.54, 1.807) is 12.1 Å². The van der Waals surface area contributed by atoms with Crippen molar-refractivity contribution in [3.8, 4) is 5.75 Å². The smallest absolute Gasteiger partial charge is 0.151 e. The number of hydrogen-bond acceptors (Lipinski definition) is 2. The largest absolute Gasteiger partial charge is 0.507 e. The highest BCUT2D eigenvalue weighted by molar-refractivity contribution is 5.86. The lowest BCUT2D eigenvalue weighted by Crippen LogP contribution is -2.19. The van der Waals surface area contributed by atoms with Crippen LogP contribution in [0.1, 0.15) is 30.5 Å². The first-order valence-electron chi connectivity index (χ1n) is 8.27. The van der Waals surface area contributed by atoms with Gasteiger partial charge in [-0.2, -0.15) is 0 Å². The molecule has 0 aliphatic rings. The van der Waals surface area contributed by atoms with Gasteiger partial charge >= 0.3 is 0 Å². The van der Waals surface area contributed by atoms with Crippen LogP contribution in [0.4, 0.5) is 14.5 Å². The Morgan fingerprint density at radius 3 is 2.12 bits per heavy atom. The first-order valence-corrected chi connectivity index (χ1v) is 8.27. The molecule has 0 amide bonds. The number of aliphatic imine (C=N–C) groups is 1. The first kappa shape index (κ1) is 17.8. The summed E-state index contributed by atoms with van der Waals surface area (Å²) < 4.78 is 27.5. The lowest BCUT2D eigenvalue weighted by molar-refractivity contribution is 0.452. The molecule has 0 radical (unpaired) electrons. The van der Waals surface area contributed by atoms with E-state index >= 15 is 0 Å². The summed E-state index contributed by atoms with van der Waals surface area (Å²) in [6.07, 6.45) is 1.28. The third-order valence-electron chi connectivity index (χ3n) is 4.51. The SMILES string of the molecule is CC(C)(c1ccccc1)c1cccc(C=Nc2c(F)cccc2F)c1O. The van der Waals surface area contributed by atoms with Crippen molar-refractivity contribution >= 4 is 11.9 Å². The molecule has 0 spiro atoms. The van der Waals surface area contributed by atoms with Gasteiger partial charge in [-0.15, -0.1) is 0 Å². The van der Waals surface area contributed by atoms with E-state index in [0.717, 1.165) is 17.7 Å². The highest BCUT2D eigenvalue weighted by Gasteiger charge is 2.26. The van der Waals surface area contributed by atoms with Gasteiger partial charge in [-0.25, -0.2) is 13.8 Å². The molecule has 0 saturated heterocycles. The van der Waals surface area contributed by atoms with Crippen molar-refractivity contribution in [2.45, 2.75) is 19.3 Å². The van der Waals surface area contributed by atoms with Crippen LogP contribution in [0.5, 0.6) is 5.75 Å². The molecular weight excluding hydrogens is 332 g/mol. The van der Waals surface area contributed by atoms with Gasteiger partial charge in [-0.1, -0.05) is 62.4 Å². The minimum absolute atomic E-state index is 0.0434. The summed E-state index contributed by atoms with van der Waals surface area (Å²) in [6.45, 7) is 4.02. The van der Waals surface area contributed by atoms with Crippen molar-refractivity contribution in [3.05, 3.63) is 95.1 Å². The molecule has 0 aliphatic heterocycles. The standard InChI is InChI=1S/C22H19F2NO/c1-22(2,16-9-4-3-5-10-16)17-11-6-8-15(21(17)26)14-25-20-18(23)12-7-13-19(20)24/h3-14,26H,1-2H3. The van der Waals surface area contributed by atoms with Crippen LogP contribution in [0.2, 0.25) is 0 Å². The zero-order chi connectivity index (χ0) is 18.7. The van der Waals surface area contributed by atoms with Crippen molar-refractivity contribution in [2.75, 3.05) is 0 Å². The maximum atomic E-state index is 13.7. The van der Waals surface area contributed by atoms with Gasteiger partial charge in [0.05, 0.1) is 0 Å². The van der Waals surface area contributed by atoms with Crippen LogP contribution in [0.15, 0.2) is 71.7 Å². The number of phenolic OH excluding ortho intramolecular Hbond substituents is 1. The van der Waals surface area contributed by atoms with Crippen LogP contribution in [0.25, 0.3) is 0 Å². The van der Waals surface area contributed by atoms with Crippen molar-refractivity contribution in [2.24, 2.45) is 4.99 Å². The van der Waals surface area contributed by atoms with Gasteiger partial charge < -0.3 is 5.11 Å². The molecule has 0 saturated carbocycles. The molecule has 2 nitrogen and oxygen atoms in total. The van der Waals surface area contributed by atoms with Gasteiger partial charge in [0.1, 0.15) is 11.4 Å². The predicted octanol–water partition coefficient (Wildman–Crippen LogP) is 5.75. The van der Waals surface area contributed by atoms with Crippen LogP contribution in [-0.4, -0.2) is 11.3 Å². The molecule has 0 heterocycles. The Morgan fingerprint density at radius 1 is 0.846 bits per heavy atom. The third-order valence-corrected chi connectivity index (χ3v) is 4.51. The summed E-state index contributed by atoms with van der Waals surface area (Å²) in [5, 5.41) is 10.7. The second-order valence-corrected chi connectivity index (χ2v) is 6.56. The second kappa shape index (κ2) is 7.08. The summed E-state index contributed by atoms with van der Waals surface area (Å²) in [4.78, 5) is 3.90. The maximum absolute atomic E-state index is 13.7. The molecule has 0 aromatic heterocycles. The fourth-order valence-corrected chi connectivity index (χ4v) is 2.93. The van der Waals surface area contributed by atoms with E-state index in [9.17, 15) is 13.9 Å². The highest BCUT2D eigenvalue weighted by atomic mass is 19.1. The molecule has 0 aliphatic carbocycles. The number of aromatic hydroxyl groups is 1. The number of benzene rings is 3. The number of halogens is 2. The van der Waals surface area contributed by atoms with Crippen LogP contribution in [-0.2, 0) is 5.41 Å². The topological polar surface area (TPSA) is 32.6 Å². The molecule has 4 heteroatoms. The Morgan fingerprint density at radius 2 is 1.46 bits per heavy atom. The minimum Gasteiger partial charge on any atom is -0.507 e. The Kier molecular flexibility index (Phi) is 4.85. The normalized spacial score (nSPS) is 11.8. The Hall–Kier alpha value is -3.01. The van der Waals surface area contributed by atoms with Crippen molar-refractivity contribution < 1.29 is 13.9 Å². The number of para-hydroxylation sites is 2. The van der Waals surface area contributed by atoms with Gasteiger partial charge in [-0.05, 0) is 23.8 Å². The van der Waals surface area contributed by atoms with Gasteiger partial charge in [0.2, 0.25) is 0 Å². The number of phenols is 1. The summed E-state index contributed by atoms with van der Waals surface area (Å²) in [5.41, 5.74) is 1.33. The van der Waals surface area contributed by atoms with Gasteiger partial charge in [0.25, 0.3) is 0 Å². The fraction of sp³-hybridized carbons (Fsp3) is 0.136. The minimum atomic E-state index is -0.749. The molecule has 0 bridgehead atoms. The van der Waals surface area contributed by atoms with Crippen LogP contribution >= 0.6 is 0 Å². The van der Waals surface area contributed by atoms with Crippen molar-refractivity contribution in [1.29, 1.82) is 0 Å². The molecule has 132 valence electrons. The van der Waals surface area contributed by atoms with Gasteiger partial charge in [-0.3, -0.25) is 0 Å². The van der Waals surface area contributed by atoms with Crippen LogP contribution < -0.4 is 0 Å². The van der Waals surface area contributed by atoms with Gasteiger partial charge in [0, 0.05) is 22.8 Å². The van der Waals surface area contributed by atoms with Gasteiger partial charge in [0.15, 0.2) is 11.6 Å². The van der Waals surface area contributed by atoms with E-state index in [2.05, 4.69) is 4.99 Å². The van der Waals surface area contributed by atoms with E-state index < -0.39 is 17.0 Å². The van der Waals surface area contributed by atoms with Crippen LogP contribution in [0.3, 0.4) is 0 Å². The molecule has 0 fully saturated rings. The Labute approximate surface area is 151 Å². The average Bonchev–Trinajstić information content (AvgIpc) is 2.63. The fourth-order valence-electron chi connectivity index (χ4n) is 2.93. The van der Waals surface area contributed by atoms with E-state index in [-0.39, 0.29) is 11.4 Å². The second-order valence-electron chi connectivity index (χ2n) is 6.56. The summed E-state index contributed by atoms with van der Waals surface area (Å²) in [6, 6.07) is 18.7. The van der Waals surface area contributed by atoms with E-state index in [1.807, 2.05) is 50.2 Å². The summed E-state index contributed by atoms with van der Waals surface area (Å²) in [5.74, 6) is -1.45. The van der Waals surface area contributed by atoms with E-state index in [1.165, 1.54) is 12.3 Å². The first-order chi connectivity index (χ1) is 12.4. The molecule has 3 aromatic carbocycles. The Bertz CT molecular complexity index is 929. The maximum Gasteiger partial charge on any atom is 0.151 e. The lowest BCUT2D eigenvalue weighted by Gasteiger charge is -2.27. The number of nitrogens with zero attached hydrogens (tertiary/aromatic N) is 1. The molecule has 0 unspecified atom stereocenters. The highest BCUT2D eigenvalue weighted by Crippen LogP contribution is 2.38. The monoisotopic (exact) mass is 351 g/mol. The van der Waals surface area contributed by atoms with Crippen molar-refractivity contribution in [1.82, 2.24) is 0 Å². The Balaban J connectivity index is 2.02. The number of rotatable bonds is 4. The quantitative estimate of drug-likeness (QED) is 0.597. The number of hydrogen-bond donors (Lipinski definition) is 1. The molecule has 3 aromatic rings. The van der Waals surface area contributed by atoms with Crippen molar-refractivity contribution in [3.63, 3.8) is 0 Å². The molecule has 26 heavy (non-hydrogen) atoms. The molecular formula is C22H19F2NO. The average molecular weight is 351 g/mol. The molecule has 3 rings (SSSR count). The zero-order valence-corrected chi connectivity index (χ0v) is 14.6. The predicted molar refractivity (Wildman–Crippen MR) is 100 cm³/mol. The third kappa shape index (κ3) is 3.36. The zero-order valence-electron chi connectivity index (χ0n) is 14.6. The van der Waals surface area contributed by atoms with Crippen LogP contribution in [0, 0.1) is 11.6 Å². The van der Waals surface area contributed by atoms with E-state index in [0.29, 0.717) is 11.1 Å².